The van der Waals surface area contributed by atoms with Gasteiger partial charge in [-0.15, -0.1) is 5.16 Å². The van der Waals surface area contributed by atoms with Crippen molar-refractivity contribution in [1.29, 1.82) is 0 Å². The van der Waals surface area contributed by atoms with Gasteiger partial charge in [0.15, 0.2) is 5.78 Å². The van der Waals surface area contributed by atoms with Gasteiger partial charge in [-0.3, -0.25) is 4.79 Å². The van der Waals surface area contributed by atoms with E-state index in [-0.39, 0.29) is 38.9 Å². The highest BCUT2D eigenvalue weighted by molar-refractivity contribution is 5.96. The van der Waals surface area contributed by atoms with Crippen molar-refractivity contribution in [2.24, 2.45) is 56.4 Å². The van der Waals surface area contributed by atoms with Crippen LogP contribution >= 0.6 is 0 Å². The van der Waals surface area contributed by atoms with Gasteiger partial charge in [0.05, 0.1) is 12.4 Å². The molecule has 1 aromatic heterocycles. The third-order valence-corrected chi connectivity index (χ3v) is 13.1. The summed E-state index contributed by atoms with van der Waals surface area (Å²) in [5.74, 6) is 2.95. The fourth-order valence-electron chi connectivity index (χ4n) is 10.9. The zero-order valence-electron chi connectivity index (χ0n) is 23.2. The summed E-state index contributed by atoms with van der Waals surface area (Å²) in [6, 6.07) is 0. The molecule has 1 heterocycles. The van der Waals surface area contributed by atoms with Crippen LogP contribution in [0.2, 0.25) is 0 Å². The Kier molecular flexibility index (Phi) is 4.99. The van der Waals surface area contributed by atoms with Gasteiger partial charge in [-0.2, -0.15) is 0 Å². The van der Waals surface area contributed by atoms with Gasteiger partial charge in [0.1, 0.15) is 5.76 Å². The minimum Gasteiger partial charge on any atom is -0.411 e. The Labute approximate surface area is 216 Å². The van der Waals surface area contributed by atoms with Crippen molar-refractivity contribution in [1.82, 2.24) is 5.16 Å². The normalized spacial score (nSPS) is 49.4. The molecule has 0 aromatic carbocycles. The molecule has 0 unspecified atom stereocenters. The maximum absolute atomic E-state index is 14.4. The van der Waals surface area contributed by atoms with Crippen molar-refractivity contribution in [2.75, 3.05) is 0 Å². The Morgan fingerprint density at radius 1 is 1.08 bits per heavy atom. The number of nitrogens with zero attached hydrogens (tertiary/aromatic N) is 2. The number of hydrogen-bond donors (Lipinski definition) is 1. The fourth-order valence-corrected chi connectivity index (χ4v) is 10.9. The quantitative estimate of drug-likeness (QED) is 0.260. The van der Waals surface area contributed by atoms with E-state index in [4.69, 9.17) is 4.52 Å². The van der Waals surface area contributed by atoms with Crippen LogP contribution in [0, 0.1) is 51.2 Å². The molecule has 1 N–H and O–H groups in total. The first-order valence-corrected chi connectivity index (χ1v) is 14.2. The molecule has 5 heteroatoms. The van der Waals surface area contributed by atoms with Crippen molar-refractivity contribution in [3.05, 3.63) is 29.2 Å². The Balaban J connectivity index is 1.52. The molecule has 36 heavy (non-hydrogen) atoms. The minimum atomic E-state index is -0.173. The second kappa shape index (κ2) is 7.35. The van der Waals surface area contributed by atoms with Crippen LogP contribution < -0.4 is 0 Å². The number of allylic oxidation sites excluding steroid dienone is 2. The highest BCUT2D eigenvalue weighted by Gasteiger charge is 2.70. The van der Waals surface area contributed by atoms with Gasteiger partial charge >= 0.3 is 0 Å². The highest BCUT2D eigenvalue weighted by Crippen LogP contribution is 2.74. The molecule has 5 nitrogen and oxygen atoms in total. The standard InChI is InChI=1S/C31H44N2O3/c1-18-8-11-31(17-32-35)13-12-30(7)25(24(31)19(18)2)21(34)14-23-28(5)15-20-16-33-36-26(20)27(3,4)22(28)9-10-29(23,30)6/h14,16-19,22,24-25,35H,8-13,15H2,1-7H3/b32-17+/t18-,19+,22+,24+,25-,28+,29-,30-,31-/m1/s1. The van der Waals surface area contributed by atoms with E-state index in [1.54, 1.807) is 0 Å². The first kappa shape index (κ1) is 24.4. The maximum atomic E-state index is 14.4. The lowest BCUT2D eigenvalue weighted by Crippen LogP contribution is -2.66. The van der Waals surface area contributed by atoms with Crippen LogP contribution in [-0.4, -0.2) is 22.4 Å². The van der Waals surface area contributed by atoms with Crippen molar-refractivity contribution >= 4 is 12.0 Å². The molecule has 0 radical (unpaired) electrons. The van der Waals surface area contributed by atoms with Gasteiger partial charge in [-0.05, 0) is 90.9 Å². The van der Waals surface area contributed by atoms with Crippen LogP contribution in [0.1, 0.15) is 98.3 Å². The van der Waals surface area contributed by atoms with Gasteiger partial charge < -0.3 is 9.73 Å². The minimum absolute atomic E-state index is 0.0290. The number of carbonyl (C=O) groups excluding carboxylic acids is 1. The molecule has 5 aliphatic carbocycles. The molecule has 9 atom stereocenters. The number of aromatic nitrogens is 1. The third-order valence-electron chi connectivity index (χ3n) is 13.1. The van der Waals surface area contributed by atoms with Gasteiger partial charge in [-0.1, -0.05) is 59.2 Å². The van der Waals surface area contributed by atoms with Crippen LogP contribution in [0.5, 0.6) is 0 Å². The molecule has 3 saturated carbocycles. The van der Waals surface area contributed by atoms with E-state index in [0.29, 0.717) is 23.5 Å². The molecule has 196 valence electrons. The zero-order valence-corrected chi connectivity index (χ0v) is 23.2. The van der Waals surface area contributed by atoms with E-state index in [2.05, 4.69) is 64.9 Å². The Hall–Kier alpha value is -1.91. The maximum Gasteiger partial charge on any atom is 0.159 e. The SMILES string of the molecule is C[C@@H]1[C@H]2[C@H]3C(=O)C=C4[C@@]5(C)Cc6cnoc6C(C)(C)[C@@H]5CC[C@@]4(C)[C@]3(C)CC[C@@]2(/C=N/O)CC[C@H]1C. The predicted molar refractivity (Wildman–Crippen MR) is 140 cm³/mol. The topological polar surface area (TPSA) is 75.7 Å². The first-order chi connectivity index (χ1) is 16.9. The number of fused-ring (bicyclic) bond motifs is 8. The molecule has 5 aliphatic rings. The molecule has 3 fully saturated rings. The van der Waals surface area contributed by atoms with E-state index in [0.717, 1.165) is 50.7 Å². The third kappa shape index (κ3) is 2.70. The fraction of sp³-hybridized carbons (Fsp3) is 0.774. The lowest BCUT2D eigenvalue weighted by molar-refractivity contribution is -0.165. The van der Waals surface area contributed by atoms with Crippen molar-refractivity contribution in [2.45, 2.75) is 98.8 Å². The largest absolute Gasteiger partial charge is 0.411 e. The summed E-state index contributed by atoms with van der Waals surface area (Å²) < 4.78 is 5.80. The van der Waals surface area contributed by atoms with E-state index < -0.39 is 0 Å². The Morgan fingerprint density at radius 3 is 2.56 bits per heavy atom. The highest BCUT2D eigenvalue weighted by atomic mass is 16.5. The molecule has 0 bridgehead atoms. The second-order valence-electron chi connectivity index (χ2n) is 14.7. The summed E-state index contributed by atoms with van der Waals surface area (Å²) in [6.07, 6.45) is 13.1. The Bertz CT molecular complexity index is 1160. The molecule has 0 aliphatic heterocycles. The first-order valence-electron chi connectivity index (χ1n) is 14.2. The van der Waals surface area contributed by atoms with Crippen molar-refractivity contribution < 1.29 is 14.5 Å². The summed E-state index contributed by atoms with van der Waals surface area (Å²) >= 11 is 0. The average Bonchev–Trinajstić information content (AvgIpc) is 3.28. The summed E-state index contributed by atoms with van der Waals surface area (Å²) in [6.45, 7) is 16.7. The van der Waals surface area contributed by atoms with Crippen LogP contribution in [0.15, 0.2) is 27.5 Å². The van der Waals surface area contributed by atoms with Crippen LogP contribution in [-0.2, 0) is 16.6 Å². The molecular formula is C31H44N2O3. The summed E-state index contributed by atoms with van der Waals surface area (Å²) in [7, 11) is 0. The van der Waals surface area contributed by atoms with Crippen LogP contribution in [0.3, 0.4) is 0 Å². The molecular weight excluding hydrogens is 448 g/mol. The Morgan fingerprint density at radius 2 is 1.83 bits per heavy atom. The summed E-state index contributed by atoms with van der Waals surface area (Å²) in [5, 5.41) is 17.5. The number of rotatable bonds is 1. The summed E-state index contributed by atoms with van der Waals surface area (Å²) in [5.41, 5.74) is 2.07. The molecule has 1 aromatic rings. The second-order valence-corrected chi connectivity index (χ2v) is 14.7. The van der Waals surface area contributed by atoms with E-state index in [1.807, 2.05) is 12.4 Å². The molecule has 0 amide bonds. The van der Waals surface area contributed by atoms with E-state index >= 15 is 0 Å². The number of carbonyl (C=O) groups is 1. The van der Waals surface area contributed by atoms with E-state index in [9.17, 15) is 10.0 Å². The van der Waals surface area contributed by atoms with Crippen molar-refractivity contribution in [3.63, 3.8) is 0 Å². The monoisotopic (exact) mass is 492 g/mol. The smallest absolute Gasteiger partial charge is 0.159 e. The molecule has 0 spiro atoms. The van der Waals surface area contributed by atoms with Crippen LogP contribution in [0.25, 0.3) is 0 Å². The van der Waals surface area contributed by atoms with Crippen molar-refractivity contribution in [3.8, 4) is 0 Å². The average molecular weight is 493 g/mol. The van der Waals surface area contributed by atoms with Gasteiger partial charge in [0, 0.05) is 22.3 Å². The van der Waals surface area contributed by atoms with Gasteiger partial charge in [0.2, 0.25) is 0 Å². The summed E-state index contributed by atoms with van der Waals surface area (Å²) in [4.78, 5) is 14.4. The lowest BCUT2D eigenvalue weighted by atomic mass is 9.33. The number of ketones is 1. The van der Waals surface area contributed by atoms with Gasteiger partial charge in [0.25, 0.3) is 0 Å². The van der Waals surface area contributed by atoms with E-state index in [1.165, 1.54) is 11.1 Å². The lowest BCUT2D eigenvalue weighted by Gasteiger charge is -2.69. The van der Waals surface area contributed by atoms with Gasteiger partial charge in [-0.25, -0.2) is 0 Å². The number of oxime groups is 1. The number of hydrogen-bond acceptors (Lipinski definition) is 5. The zero-order chi connectivity index (χ0) is 25.9. The predicted octanol–water partition coefficient (Wildman–Crippen LogP) is 6.98. The molecule has 0 saturated heterocycles. The molecule has 6 rings (SSSR count). The van der Waals surface area contributed by atoms with Crippen LogP contribution in [0.4, 0.5) is 0 Å².